The lowest BCUT2D eigenvalue weighted by atomic mass is 10.1. The molecule has 0 saturated carbocycles. The molecule has 7 heteroatoms. The Bertz CT molecular complexity index is 1090. The first-order valence-electron chi connectivity index (χ1n) is 8.18. The predicted octanol–water partition coefficient (Wildman–Crippen LogP) is 1.50. The maximum Gasteiger partial charge on any atom is 0.316 e. The van der Waals surface area contributed by atoms with E-state index in [4.69, 9.17) is 0 Å². The number of nitrogens with one attached hydrogen (secondary N) is 2. The minimum Gasteiger partial charge on any atom is -0.354 e. The van der Waals surface area contributed by atoms with Crippen molar-refractivity contribution in [2.24, 2.45) is 0 Å². The van der Waals surface area contributed by atoms with Gasteiger partial charge in [0.25, 0.3) is 0 Å². The van der Waals surface area contributed by atoms with E-state index in [1.165, 1.54) is 16.7 Å². The summed E-state index contributed by atoms with van der Waals surface area (Å²) in [4.78, 5) is 38.2. The van der Waals surface area contributed by atoms with Crippen molar-refractivity contribution in [3.63, 3.8) is 0 Å². The highest BCUT2D eigenvalue weighted by Gasteiger charge is 2.09. The van der Waals surface area contributed by atoms with Crippen LogP contribution >= 0.6 is 0 Å². The second-order valence-electron chi connectivity index (χ2n) is 6.09. The van der Waals surface area contributed by atoms with Crippen LogP contribution in [0.15, 0.2) is 52.1 Å². The van der Waals surface area contributed by atoms with Crippen LogP contribution in [0.3, 0.4) is 0 Å². The number of rotatable bonds is 5. The minimum absolute atomic E-state index is 0.116. The molecule has 134 valence electrons. The molecule has 2 N–H and O–H groups in total. The van der Waals surface area contributed by atoms with Gasteiger partial charge in [-0.3, -0.25) is 14.4 Å². The van der Waals surface area contributed by atoms with Crippen molar-refractivity contribution in [3.8, 4) is 0 Å². The van der Waals surface area contributed by atoms with Gasteiger partial charge in [-0.25, -0.2) is 4.39 Å². The summed E-state index contributed by atoms with van der Waals surface area (Å²) < 4.78 is 14.6. The third-order valence-electron chi connectivity index (χ3n) is 4.04. The Morgan fingerprint density at radius 3 is 2.77 bits per heavy atom. The van der Waals surface area contributed by atoms with E-state index in [1.54, 1.807) is 0 Å². The Kier molecular flexibility index (Phi) is 4.97. The van der Waals surface area contributed by atoms with E-state index in [0.29, 0.717) is 5.52 Å². The molecular weight excluding hydrogens is 337 g/mol. The molecule has 0 bridgehead atoms. The van der Waals surface area contributed by atoms with Gasteiger partial charge in [0.1, 0.15) is 5.82 Å². The molecule has 0 fully saturated rings. The Labute approximate surface area is 148 Å². The lowest BCUT2D eigenvalue weighted by Crippen LogP contribution is -2.39. The molecule has 1 amide bonds. The maximum absolute atomic E-state index is 13.3. The molecule has 0 aliphatic carbocycles. The Morgan fingerprint density at radius 1 is 1.19 bits per heavy atom. The first-order valence-corrected chi connectivity index (χ1v) is 8.18. The topological polar surface area (TPSA) is 84.0 Å². The number of H-pyrrole nitrogens is 1. The van der Waals surface area contributed by atoms with Gasteiger partial charge in [0.05, 0.1) is 17.5 Å². The van der Waals surface area contributed by atoms with Crippen LogP contribution in [0.1, 0.15) is 11.1 Å². The van der Waals surface area contributed by atoms with Crippen molar-refractivity contribution < 1.29 is 9.18 Å². The number of nitrogens with zero attached hydrogens (tertiary/aromatic N) is 1. The molecule has 1 aromatic heterocycles. The molecule has 3 rings (SSSR count). The molecule has 6 nitrogen and oxygen atoms in total. The van der Waals surface area contributed by atoms with Gasteiger partial charge in [0.15, 0.2) is 0 Å². The van der Waals surface area contributed by atoms with Crippen LogP contribution in [0.2, 0.25) is 0 Å². The normalized spacial score (nSPS) is 10.8. The van der Waals surface area contributed by atoms with E-state index in [1.807, 2.05) is 31.2 Å². The average molecular weight is 355 g/mol. The first kappa shape index (κ1) is 17.6. The molecule has 2 aromatic carbocycles. The maximum atomic E-state index is 13.3. The predicted molar refractivity (Wildman–Crippen MR) is 96.7 cm³/mol. The summed E-state index contributed by atoms with van der Waals surface area (Å²) >= 11 is 0. The summed E-state index contributed by atoms with van der Waals surface area (Å²) in [7, 11) is 0. The number of amides is 1. The third-order valence-corrected chi connectivity index (χ3v) is 4.04. The van der Waals surface area contributed by atoms with E-state index in [0.717, 1.165) is 17.2 Å². The second kappa shape index (κ2) is 7.35. The standard InChI is InChI=1S/C19H18FN3O3/c1-12-3-2-4-13(9-12)10-17(24)21-7-8-23-16-6-5-14(20)11-15(16)22-18(25)19(23)26/h2-6,9,11H,7-8,10H2,1H3,(H,21,24)(H,22,25). The van der Waals surface area contributed by atoms with Gasteiger partial charge >= 0.3 is 11.1 Å². The summed E-state index contributed by atoms with van der Waals surface area (Å²) in [5.74, 6) is -0.686. The first-order chi connectivity index (χ1) is 12.4. The molecule has 0 spiro atoms. The quantitative estimate of drug-likeness (QED) is 0.680. The Balaban J connectivity index is 1.72. The van der Waals surface area contributed by atoms with Crippen molar-refractivity contribution >= 4 is 16.9 Å². The third kappa shape index (κ3) is 3.88. The Hall–Kier alpha value is -3.22. The number of halogens is 1. The molecule has 3 aromatic rings. The highest BCUT2D eigenvalue weighted by Crippen LogP contribution is 2.10. The van der Waals surface area contributed by atoms with E-state index >= 15 is 0 Å². The average Bonchev–Trinajstić information content (AvgIpc) is 2.58. The summed E-state index contributed by atoms with van der Waals surface area (Å²) in [6.45, 7) is 2.25. The van der Waals surface area contributed by atoms with Crippen LogP contribution < -0.4 is 16.4 Å². The molecule has 0 atom stereocenters. The lowest BCUT2D eigenvalue weighted by Gasteiger charge is -2.11. The highest BCUT2D eigenvalue weighted by atomic mass is 19.1. The van der Waals surface area contributed by atoms with Crippen LogP contribution in [0, 0.1) is 12.7 Å². The number of carbonyl (C=O) groups is 1. The molecular formula is C19H18FN3O3. The molecule has 0 aliphatic rings. The monoisotopic (exact) mass is 355 g/mol. The number of aromatic nitrogens is 2. The fraction of sp³-hybridized carbons (Fsp3) is 0.211. The van der Waals surface area contributed by atoms with Gasteiger partial charge in [-0.05, 0) is 30.7 Å². The number of aromatic amines is 1. The second-order valence-corrected chi connectivity index (χ2v) is 6.09. The van der Waals surface area contributed by atoms with Crippen LogP contribution in [0.25, 0.3) is 11.0 Å². The number of hydrogen-bond acceptors (Lipinski definition) is 3. The molecule has 0 aliphatic heterocycles. The van der Waals surface area contributed by atoms with E-state index in [9.17, 15) is 18.8 Å². The van der Waals surface area contributed by atoms with Crippen molar-refractivity contribution in [3.05, 3.63) is 80.1 Å². The van der Waals surface area contributed by atoms with Crippen molar-refractivity contribution in [1.29, 1.82) is 0 Å². The molecule has 26 heavy (non-hydrogen) atoms. The zero-order valence-corrected chi connectivity index (χ0v) is 14.2. The largest absolute Gasteiger partial charge is 0.354 e. The number of hydrogen-bond donors (Lipinski definition) is 2. The summed E-state index contributed by atoms with van der Waals surface area (Å²) in [6, 6.07) is 11.4. The van der Waals surface area contributed by atoms with Crippen LogP contribution in [0.4, 0.5) is 4.39 Å². The lowest BCUT2D eigenvalue weighted by molar-refractivity contribution is -0.120. The number of carbonyl (C=O) groups excluding carboxylic acids is 1. The highest BCUT2D eigenvalue weighted by molar-refractivity contribution is 5.78. The fourth-order valence-corrected chi connectivity index (χ4v) is 2.85. The van der Waals surface area contributed by atoms with Crippen molar-refractivity contribution in [2.75, 3.05) is 6.54 Å². The van der Waals surface area contributed by atoms with Crippen molar-refractivity contribution in [1.82, 2.24) is 14.9 Å². The summed E-state index contributed by atoms with van der Waals surface area (Å²) in [6.07, 6.45) is 0.234. The SMILES string of the molecule is Cc1cccc(CC(=O)NCCn2c(=O)c(=O)[nH]c3cc(F)ccc32)c1. The van der Waals surface area contributed by atoms with Crippen LogP contribution in [-0.4, -0.2) is 22.0 Å². The minimum atomic E-state index is -0.825. The van der Waals surface area contributed by atoms with Crippen molar-refractivity contribution in [2.45, 2.75) is 19.9 Å². The molecule has 0 radical (unpaired) electrons. The fourth-order valence-electron chi connectivity index (χ4n) is 2.85. The van der Waals surface area contributed by atoms with Gasteiger partial charge in [0.2, 0.25) is 5.91 Å². The van der Waals surface area contributed by atoms with Crippen LogP contribution in [-0.2, 0) is 17.8 Å². The summed E-state index contributed by atoms with van der Waals surface area (Å²) in [5, 5.41) is 2.74. The van der Waals surface area contributed by atoms with E-state index in [-0.39, 0.29) is 30.9 Å². The van der Waals surface area contributed by atoms with Gasteiger partial charge in [-0.1, -0.05) is 29.8 Å². The number of fused-ring (bicyclic) bond motifs is 1. The summed E-state index contributed by atoms with van der Waals surface area (Å²) in [5.41, 5.74) is 1.05. The van der Waals surface area contributed by atoms with Gasteiger partial charge in [0, 0.05) is 13.1 Å². The van der Waals surface area contributed by atoms with Gasteiger partial charge in [-0.2, -0.15) is 0 Å². The zero-order valence-electron chi connectivity index (χ0n) is 14.2. The zero-order chi connectivity index (χ0) is 18.7. The van der Waals surface area contributed by atoms with Gasteiger partial charge in [-0.15, -0.1) is 0 Å². The van der Waals surface area contributed by atoms with Crippen LogP contribution in [0.5, 0.6) is 0 Å². The van der Waals surface area contributed by atoms with E-state index in [2.05, 4.69) is 10.3 Å². The molecule has 0 unspecified atom stereocenters. The van der Waals surface area contributed by atoms with E-state index < -0.39 is 16.9 Å². The smallest absolute Gasteiger partial charge is 0.316 e. The molecule has 1 heterocycles. The number of benzene rings is 2. The Morgan fingerprint density at radius 2 is 2.00 bits per heavy atom. The number of aryl methyl sites for hydroxylation is 1. The van der Waals surface area contributed by atoms with Gasteiger partial charge < -0.3 is 14.9 Å². The molecule has 0 saturated heterocycles.